The van der Waals surface area contributed by atoms with Gasteiger partial charge in [0.25, 0.3) is 0 Å². The molecule has 0 amide bonds. The molecule has 0 aliphatic heterocycles. The van der Waals surface area contributed by atoms with E-state index in [1.54, 1.807) is 0 Å². The number of aromatic nitrogens is 3. The first-order valence-electron chi connectivity index (χ1n) is 9.12. The molecule has 33 heavy (non-hydrogen) atoms. The zero-order valence-corrected chi connectivity index (χ0v) is 17.6. The van der Waals surface area contributed by atoms with Crippen LogP contribution in [0.4, 0.5) is 26.3 Å². The summed E-state index contributed by atoms with van der Waals surface area (Å²) in [7, 11) is 4.09. The molecule has 0 saturated heterocycles. The van der Waals surface area contributed by atoms with E-state index in [1.807, 2.05) is 0 Å². The highest BCUT2D eigenvalue weighted by atomic mass is 19.4. The minimum absolute atomic E-state index is 0.0381. The molecule has 1 N–H and O–H groups in total. The summed E-state index contributed by atoms with van der Waals surface area (Å²) in [6.45, 7) is -0.204. The van der Waals surface area contributed by atoms with E-state index in [2.05, 4.69) is 15.0 Å². The number of benzene rings is 1. The maximum absolute atomic E-state index is 13.4. The lowest BCUT2D eigenvalue weighted by Crippen LogP contribution is -2.53. The van der Waals surface area contributed by atoms with Crippen LogP contribution in [0.1, 0.15) is 17.3 Å². The van der Waals surface area contributed by atoms with Crippen molar-refractivity contribution in [1.82, 2.24) is 15.0 Å². The molecule has 0 aliphatic carbocycles. The Hall–Kier alpha value is -3.51. The summed E-state index contributed by atoms with van der Waals surface area (Å²) in [4.78, 5) is 23.1. The van der Waals surface area contributed by atoms with Gasteiger partial charge in [-0.2, -0.15) is 26.3 Å². The first kappa shape index (κ1) is 24.1. The molecule has 0 bridgehead atoms. The Morgan fingerprint density at radius 3 is 1.94 bits per heavy atom. The maximum Gasteiger partial charge on any atom is 0.410 e. The number of nitrogens with one attached hydrogen (secondary N) is 1. The number of Topliss-reactive ketones (excluding diaryl/α,β-unsaturated/α-hetero) is 1. The van der Waals surface area contributed by atoms with Crippen molar-refractivity contribution in [2.75, 3.05) is 21.3 Å². The van der Waals surface area contributed by atoms with Crippen LogP contribution >= 0.6 is 0 Å². The molecule has 0 saturated carbocycles. The van der Waals surface area contributed by atoms with Crippen molar-refractivity contribution in [2.24, 2.45) is 5.41 Å². The Labute approximate surface area is 182 Å². The summed E-state index contributed by atoms with van der Waals surface area (Å²) in [5.74, 6) is -1.51. The predicted octanol–water partition coefficient (Wildman–Crippen LogP) is 4.96. The Bertz CT molecular complexity index is 1160. The molecular weight excluding hydrogens is 460 g/mol. The molecule has 0 unspecified atom stereocenters. The number of aromatic amines is 1. The third-order valence-corrected chi connectivity index (χ3v) is 5.17. The molecule has 0 aliphatic rings. The number of rotatable bonds is 6. The number of ether oxygens (including phenoxy) is 3. The van der Waals surface area contributed by atoms with Gasteiger partial charge in [0.15, 0.2) is 22.9 Å². The number of H-pyrrole nitrogens is 1. The van der Waals surface area contributed by atoms with Gasteiger partial charge in [-0.1, -0.05) is 0 Å². The lowest BCUT2D eigenvalue weighted by molar-refractivity contribution is -0.310. The van der Waals surface area contributed by atoms with Crippen molar-refractivity contribution in [2.45, 2.75) is 19.3 Å². The quantitative estimate of drug-likeness (QED) is 0.399. The van der Waals surface area contributed by atoms with E-state index in [0.717, 1.165) is 6.20 Å². The zero-order chi connectivity index (χ0) is 24.8. The van der Waals surface area contributed by atoms with Gasteiger partial charge in [0.2, 0.25) is 11.2 Å². The third kappa shape index (κ3) is 3.80. The van der Waals surface area contributed by atoms with E-state index in [0.29, 0.717) is 5.56 Å². The summed E-state index contributed by atoms with van der Waals surface area (Å²) in [5.41, 5.74) is -5.82. The summed E-state index contributed by atoms with van der Waals surface area (Å²) < 4.78 is 96.1. The van der Waals surface area contributed by atoms with Crippen LogP contribution in [-0.4, -0.2) is 54.4 Å². The standard InChI is InChI=1S/C20H17F6N3O4/c1-18(19(21,22)23,20(24,25)26)16(30)10-7-27-17-14(10)29-11(8-28-17)9-5-12(31-2)15(33-4)13(6-9)32-3/h5-8H,1-4H3,(H,27,28). The Balaban J connectivity index is 2.20. The SMILES string of the molecule is COc1cc(-c2cnc3[nH]cc(C(=O)C(C)(C(F)(F)F)C(F)(F)F)c3n2)cc(OC)c1OC. The number of halogens is 6. The van der Waals surface area contributed by atoms with Crippen LogP contribution in [0.5, 0.6) is 17.2 Å². The van der Waals surface area contributed by atoms with Gasteiger partial charge < -0.3 is 19.2 Å². The minimum atomic E-state index is -5.90. The second-order valence-electron chi connectivity index (χ2n) is 7.02. The summed E-state index contributed by atoms with van der Waals surface area (Å²) in [5, 5.41) is 0. The number of methoxy groups -OCH3 is 3. The van der Waals surface area contributed by atoms with E-state index < -0.39 is 34.6 Å². The van der Waals surface area contributed by atoms with Gasteiger partial charge in [-0.3, -0.25) is 4.79 Å². The average molecular weight is 477 g/mol. The van der Waals surface area contributed by atoms with E-state index in [4.69, 9.17) is 14.2 Å². The molecular formula is C20H17F6N3O4. The fourth-order valence-corrected chi connectivity index (χ4v) is 3.12. The van der Waals surface area contributed by atoms with E-state index >= 15 is 0 Å². The lowest BCUT2D eigenvalue weighted by atomic mass is 9.81. The molecule has 0 spiro atoms. The molecule has 178 valence electrons. The molecule has 7 nitrogen and oxygen atoms in total. The van der Waals surface area contributed by atoms with Gasteiger partial charge >= 0.3 is 12.4 Å². The number of fused-ring (bicyclic) bond motifs is 1. The topological polar surface area (TPSA) is 86.3 Å². The smallest absolute Gasteiger partial charge is 0.410 e. The van der Waals surface area contributed by atoms with Crippen molar-refractivity contribution in [3.8, 4) is 28.5 Å². The normalized spacial score (nSPS) is 12.7. The van der Waals surface area contributed by atoms with Gasteiger partial charge in [-0.25, -0.2) is 9.97 Å². The van der Waals surface area contributed by atoms with E-state index in [9.17, 15) is 31.1 Å². The number of hydrogen-bond acceptors (Lipinski definition) is 6. The number of hydrogen-bond donors (Lipinski definition) is 1. The second-order valence-corrected chi connectivity index (χ2v) is 7.02. The molecule has 0 atom stereocenters. The fraction of sp³-hybridized carbons (Fsp3) is 0.350. The van der Waals surface area contributed by atoms with Crippen LogP contribution < -0.4 is 14.2 Å². The van der Waals surface area contributed by atoms with E-state index in [-0.39, 0.29) is 35.5 Å². The van der Waals surface area contributed by atoms with Crippen LogP contribution in [0.3, 0.4) is 0 Å². The summed E-state index contributed by atoms with van der Waals surface area (Å²) >= 11 is 0. The Morgan fingerprint density at radius 2 is 1.48 bits per heavy atom. The number of nitrogens with zero attached hydrogens (tertiary/aromatic N) is 2. The van der Waals surface area contributed by atoms with Gasteiger partial charge in [-0.15, -0.1) is 0 Å². The first-order chi connectivity index (χ1) is 15.3. The molecule has 2 aromatic heterocycles. The Kier molecular flexibility index (Phi) is 5.94. The largest absolute Gasteiger partial charge is 0.493 e. The van der Waals surface area contributed by atoms with Crippen molar-refractivity contribution in [3.63, 3.8) is 0 Å². The average Bonchev–Trinajstić information content (AvgIpc) is 3.18. The molecule has 2 heterocycles. The van der Waals surface area contributed by atoms with Crippen LogP contribution in [0.15, 0.2) is 24.5 Å². The van der Waals surface area contributed by atoms with Crippen molar-refractivity contribution in [3.05, 3.63) is 30.1 Å². The second kappa shape index (κ2) is 8.12. The van der Waals surface area contributed by atoms with Gasteiger partial charge in [-0.05, 0) is 19.1 Å². The molecule has 1 aromatic carbocycles. The highest BCUT2D eigenvalue weighted by Crippen LogP contribution is 2.52. The Morgan fingerprint density at radius 1 is 0.939 bits per heavy atom. The van der Waals surface area contributed by atoms with Crippen LogP contribution in [0, 0.1) is 5.41 Å². The van der Waals surface area contributed by atoms with Crippen molar-refractivity contribution < 1.29 is 45.3 Å². The van der Waals surface area contributed by atoms with Crippen LogP contribution in [-0.2, 0) is 0 Å². The summed E-state index contributed by atoms with van der Waals surface area (Å²) in [6, 6.07) is 2.92. The van der Waals surface area contributed by atoms with Gasteiger partial charge in [0.05, 0.1) is 38.8 Å². The van der Waals surface area contributed by atoms with Crippen LogP contribution in [0.25, 0.3) is 22.4 Å². The van der Waals surface area contributed by atoms with Gasteiger partial charge in [0, 0.05) is 11.8 Å². The number of ketones is 1. The molecule has 0 radical (unpaired) electrons. The third-order valence-electron chi connectivity index (χ3n) is 5.17. The number of carbonyl (C=O) groups is 1. The maximum atomic E-state index is 13.4. The summed E-state index contributed by atoms with van der Waals surface area (Å²) in [6.07, 6.45) is -9.84. The molecule has 3 aromatic rings. The van der Waals surface area contributed by atoms with Gasteiger partial charge in [0.1, 0.15) is 5.52 Å². The van der Waals surface area contributed by atoms with Crippen molar-refractivity contribution >= 4 is 16.9 Å². The zero-order valence-electron chi connectivity index (χ0n) is 17.6. The fourth-order valence-electron chi connectivity index (χ4n) is 3.12. The number of alkyl halides is 6. The first-order valence-corrected chi connectivity index (χ1v) is 9.12. The monoisotopic (exact) mass is 477 g/mol. The van der Waals surface area contributed by atoms with Crippen LogP contribution in [0.2, 0.25) is 0 Å². The highest BCUT2D eigenvalue weighted by molar-refractivity contribution is 6.09. The lowest BCUT2D eigenvalue weighted by Gasteiger charge is -2.32. The molecule has 13 heteroatoms. The molecule has 3 rings (SSSR count). The van der Waals surface area contributed by atoms with Crippen molar-refractivity contribution in [1.29, 1.82) is 0 Å². The molecule has 0 fully saturated rings. The predicted molar refractivity (Wildman–Crippen MR) is 104 cm³/mol. The van der Waals surface area contributed by atoms with E-state index in [1.165, 1.54) is 39.7 Å². The minimum Gasteiger partial charge on any atom is -0.493 e. The number of carbonyl (C=O) groups excluding carboxylic acids is 1. The highest BCUT2D eigenvalue weighted by Gasteiger charge is 2.72.